The number of ether oxygens (including phenoxy) is 4. The van der Waals surface area contributed by atoms with E-state index in [2.05, 4.69) is 32.5 Å². The van der Waals surface area contributed by atoms with Crippen molar-refractivity contribution in [3.8, 4) is 23.0 Å². The first kappa shape index (κ1) is 45.6. The summed E-state index contributed by atoms with van der Waals surface area (Å²) in [5.74, 6) is 1.19. The van der Waals surface area contributed by atoms with Crippen LogP contribution in [0, 0.1) is 0 Å². The molecule has 0 fully saturated rings. The molecule has 4 aromatic rings. The molecule has 0 spiro atoms. The number of benzene rings is 4. The summed E-state index contributed by atoms with van der Waals surface area (Å²) in [6.45, 7) is 10.0. The molecule has 0 heterocycles. The van der Waals surface area contributed by atoms with E-state index >= 15 is 0 Å². The molecule has 0 aliphatic heterocycles. The van der Waals surface area contributed by atoms with Gasteiger partial charge in [0.05, 0.1) is 26.4 Å². The topological polar surface area (TPSA) is 142 Å². The van der Waals surface area contributed by atoms with Crippen molar-refractivity contribution in [2.24, 2.45) is 0 Å². The fraction of sp³-hybridized carbons (Fsp3) is 0.533. The van der Waals surface area contributed by atoms with Crippen molar-refractivity contribution in [3.63, 3.8) is 0 Å². The van der Waals surface area contributed by atoms with Gasteiger partial charge in [-0.2, -0.15) is 0 Å². The number of nitrogens with zero attached hydrogens (tertiary/aromatic N) is 2. The second kappa shape index (κ2) is 23.3. The minimum Gasteiger partial charge on any atom is -0.494 e. The van der Waals surface area contributed by atoms with E-state index in [1.807, 2.05) is 12.1 Å². The fourth-order valence-corrected chi connectivity index (χ4v) is 10.2. The first-order chi connectivity index (χ1) is 27.6. The quantitative estimate of drug-likeness (QED) is 0.0200. The minimum absolute atomic E-state index is 0.0384. The Hall–Kier alpha value is -4.12. The van der Waals surface area contributed by atoms with Crippen LogP contribution in [0.1, 0.15) is 130 Å². The van der Waals surface area contributed by atoms with Crippen molar-refractivity contribution < 1.29 is 40.6 Å². The molecule has 0 radical (unpaired) electrons. The maximum atomic E-state index is 14.6. The van der Waals surface area contributed by atoms with Crippen LogP contribution in [-0.4, -0.2) is 52.4 Å². The first-order valence-electron chi connectivity index (χ1n) is 21.0. The van der Waals surface area contributed by atoms with E-state index in [0.29, 0.717) is 59.1 Å². The van der Waals surface area contributed by atoms with Crippen LogP contribution in [-0.2, 0) is 19.7 Å². The summed E-state index contributed by atoms with van der Waals surface area (Å²) in [4.78, 5) is 2.16. The standard InChI is InChI=1S/C45H62N2O8S2/c1-5-9-13-17-25-52-39-23-21-35-33-43(41(31-37(35)29-39)54-27-19-15-11-7-3)56(48,49)45(47-46)57(50,51)44-34-36-22-24-40(53-26-18-14-10-6-2)30-38(36)32-42(44)55-28-20-16-12-8-4/h21-24,29-34H,5-20,25-28H2,1-4H3. The molecule has 57 heavy (non-hydrogen) atoms. The van der Waals surface area contributed by atoms with E-state index < -0.39 is 33.8 Å². The van der Waals surface area contributed by atoms with Crippen LogP contribution in [0.4, 0.5) is 0 Å². The van der Waals surface area contributed by atoms with Crippen LogP contribution in [0.15, 0.2) is 70.5 Å². The Bertz CT molecular complexity index is 2020. The van der Waals surface area contributed by atoms with Crippen molar-refractivity contribution in [2.75, 3.05) is 26.4 Å². The molecule has 0 aliphatic carbocycles. The van der Waals surface area contributed by atoms with E-state index in [9.17, 15) is 22.4 Å². The fourth-order valence-electron chi connectivity index (χ4n) is 6.59. The summed E-state index contributed by atoms with van der Waals surface area (Å²) in [5, 5.41) is 2.35. The number of hydrogen-bond donors (Lipinski definition) is 0. The van der Waals surface area contributed by atoms with Crippen molar-refractivity contribution in [1.29, 1.82) is 0 Å². The third kappa shape index (κ3) is 12.9. The summed E-state index contributed by atoms with van der Waals surface area (Å²) in [5.41, 5.74) is 10.3. The molecule has 4 rings (SSSR count). The lowest BCUT2D eigenvalue weighted by Gasteiger charge is -2.15. The van der Waals surface area contributed by atoms with Crippen molar-refractivity contribution in [2.45, 2.75) is 140 Å². The summed E-state index contributed by atoms with van der Waals surface area (Å²) in [6.07, 6.45) is 15.6. The molecule has 0 N–H and O–H groups in total. The Kier molecular flexibility index (Phi) is 18.7. The first-order valence-corrected chi connectivity index (χ1v) is 24.0. The zero-order valence-corrected chi connectivity index (χ0v) is 36.0. The lowest BCUT2D eigenvalue weighted by molar-refractivity contribution is 0.00377. The highest BCUT2D eigenvalue weighted by Crippen LogP contribution is 2.38. The van der Waals surface area contributed by atoms with E-state index in [1.54, 1.807) is 36.4 Å². The van der Waals surface area contributed by atoms with Crippen LogP contribution in [0.5, 0.6) is 23.0 Å². The highest BCUT2D eigenvalue weighted by atomic mass is 32.3. The van der Waals surface area contributed by atoms with Gasteiger partial charge in [-0.15, -0.1) is 4.79 Å². The maximum Gasteiger partial charge on any atom is 0.504 e. The van der Waals surface area contributed by atoms with Gasteiger partial charge in [-0.1, -0.05) is 117 Å². The van der Waals surface area contributed by atoms with Gasteiger partial charge >= 0.3 is 4.38 Å². The maximum absolute atomic E-state index is 14.6. The van der Waals surface area contributed by atoms with E-state index in [1.165, 1.54) is 12.1 Å². The largest absolute Gasteiger partial charge is 0.504 e. The zero-order chi connectivity index (χ0) is 41.1. The Morgan fingerprint density at radius 2 is 0.807 bits per heavy atom. The third-order valence-electron chi connectivity index (χ3n) is 9.91. The number of fused-ring (bicyclic) bond motifs is 2. The smallest absolute Gasteiger partial charge is 0.494 e. The molecule has 0 aromatic heterocycles. The third-order valence-corrected chi connectivity index (χ3v) is 14.1. The molecule has 0 bridgehead atoms. The van der Waals surface area contributed by atoms with Gasteiger partial charge in [-0.05, 0) is 95.8 Å². The molecule has 0 saturated heterocycles. The lowest BCUT2D eigenvalue weighted by atomic mass is 10.1. The summed E-state index contributed by atoms with van der Waals surface area (Å²) >= 11 is 0. The van der Waals surface area contributed by atoms with E-state index in [0.717, 1.165) is 89.9 Å². The molecule has 0 unspecified atom stereocenters. The summed E-state index contributed by atoms with van der Waals surface area (Å²) in [7, 11) is -10.0. The molecule has 4 aromatic carbocycles. The molecule has 0 aliphatic rings. The van der Waals surface area contributed by atoms with Crippen LogP contribution >= 0.6 is 0 Å². The predicted octanol–water partition coefficient (Wildman–Crippen LogP) is 11.7. The second-order valence-electron chi connectivity index (χ2n) is 14.6. The van der Waals surface area contributed by atoms with Crippen molar-refractivity contribution in [1.82, 2.24) is 0 Å². The summed E-state index contributed by atoms with van der Waals surface area (Å²) in [6, 6.07) is 16.5. The minimum atomic E-state index is -5.01. The van der Waals surface area contributed by atoms with Crippen molar-refractivity contribution >= 4 is 45.6 Å². The average molecular weight is 823 g/mol. The van der Waals surface area contributed by atoms with Crippen LogP contribution in [0.25, 0.3) is 27.1 Å². The molecule has 12 heteroatoms. The number of unbranched alkanes of at least 4 members (excludes halogenated alkanes) is 12. The van der Waals surface area contributed by atoms with E-state index in [4.69, 9.17) is 18.9 Å². The number of rotatable bonds is 26. The highest BCUT2D eigenvalue weighted by Gasteiger charge is 2.47. The molecule has 0 saturated carbocycles. The second-order valence-corrected chi connectivity index (χ2v) is 18.6. The van der Waals surface area contributed by atoms with Gasteiger partial charge in [-0.3, -0.25) is 0 Å². The molecular weight excluding hydrogens is 761 g/mol. The monoisotopic (exact) mass is 822 g/mol. The summed E-state index contributed by atoms with van der Waals surface area (Å²) < 4.78 is 81.0. The molecular formula is C45H62N2O8S2. The Balaban J connectivity index is 1.75. The van der Waals surface area contributed by atoms with Gasteiger partial charge in [0.15, 0.2) is 0 Å². The van der Waals surface area contributed by atoms with Crippen LogP contribution in [0.2, 0.25) is 0 Å². The van der Waals surface area contributed by atoms with Gasteiger partial charge in [0, 0.05) is 0 Å². The SMILES string of the molecule is CCCCCCOc1ccc2cc(S(=O)(=O)C(=[N+]=[N-])S(=O)(=O)c3cc4ccc(OCCCCCC)cc4cc3OCCCCCC)c(OCCCCCC)cc2c1. The van der Waals surface area contributed by atoms with Crippen LogP contribution < -0.4 is 18.9 Å². The zero-order valence-electron chi connectivity index (χ0n) is 34.4. The van der Waals surface area contributed by atoms with Crippen LogP contribution in [0.3, 0.4) is 0 Å². The predicted molar refractivity (Wildman–Crippen MR) is 229 cm³/mol. The van der Waals surface area contributed by atoms with Gasteiger partial charge in [0.1, 0.15) is 32.8 Å². The molecule has 312 valence electrons. The van der Waals surface area contributed by atoms with Crippen molar-refractivity contribution in [3.05, 3.63) is 66.2 Å². The van der Waals surface area contributed by atoms with Gasteiger partial charge in [0.25, 0.3) is 19.7 Å². The number of hydrogen-bond acceptors (Lipinski definition) is 8. The molecule has 10 nitrogen and oxygen atoms in total. The number of sulfone groups is 2. The van der Waals surface area contributed by atoms with E-state index in [-0.39, 0.29) is 24.7 Å². The Labute approximate surface area is 340 Å². The lowest BCUT2D eigenvalue weighted by Crippen LogP contribution is -2.27. The molecule has 0 amide bonds. The Morgan fingerprint density at radius 1 is 0.456 bits per heavy atom. The highest BCUT2D eigenvalue weighted by molar-refractivity contribution is 8.31. The Morgan fingerprint density at radius 3 is 1.14 bits per heavy atom. The van der Waals surface area contributed by atoms with Gasteiger partial charge in [0.2, 0.25) is 0 Å². The average Bonchev–Trinajstić information content (AvgIpc) is 3.19. The van der Waals surface area contributed by atoms with Gasteiger partial charge in [-0.25, -0.2) is 16.8 Å². The van der Waals surface area contributed by atoms with Gasteiger partial charge < -0.3 is 24.5 Å². The molecule has 0 atom stereocenters. The normalized spacial score (nSPS) is 11.8.